The van der Waals surface area contributed by atoms with E-state index >= 15 is 0 Å². The average Bonchev–Trinajstić information content (AvgIpc) is 2.54. The van der Waals surface area contributed by atoms with Crippen molar-refractivity contribution in [2.24, 2.45) is 0 Å². The number of ether oxygens (including phenoxy) is 5. The van der Waals surface area contributed by atoms with Crippen LogP contribution in [-0.2, 0) is 42.9 Å². The van der Waals surface area contributed by atoms with Crippen LogP contribution in [-0.4, -0.2) is 79.4 Å². The average molecular weight is 391 g/mol. The minimum Gasteiger partial charge on any atom is -0.463 e. The fraction of sp³-hybridized carbons (Fsp3) is 0.750. The molecule has 0 bridgehead atoms. The highest BCUT2D eigenvalue weighted by Gasteiger charge is 2.51. The number of rotatable bonds is 8. The van der Waals surface area contributed by atoms with Crippen molar-refractivity contribution in [3.8, 4) is 0 Å². The van der Waals surface area contributed by atoms with E-state index in [2.05, 4.69) is 5.32 Å². The summed E-state index contributed by atoms with van der Waals surface area (Å²) in [6.45, 7) is 3.95. The molecule has 1 aliphatic heterocycles. The Morgan fingerprint density at radius 2 is 1.56 bits per heavy atom. The molecule has 2 N–H and O–H groups in total. The van der Waals surface area contributed by atoms with E-state index in [1.807, 2.05) is 0 Å². The van der Waals surface area contributed by atoms with Crippen molar-refractivity contribution in [1.29, 1.82) is 0 Å². The van der Waals surface area contributed by atoms with E-state index in [0.717, 1.165) is 13.8 Å². The monoisotopic (exact) mass is 391 g/mol. The van der Waals surface area contributed by atoms with Crippen LogP contribution in [0, 0.1) is 0 Å². The van der Waals surface area contributed by atoms with Gasteiger partial charge in [-0.25, -0.2) is 0 Å². The van der Waals surface area contributed by atoms with Crippen LogP contribution in [0.4, 0.5) is 0 Å². The first-order valence-electron chi connectivity index (χ1n) is 8.28. The van der Waals surface area contributed by atoms with Crippen LogP contribution in [0.15, 0.2) is 0 Å². The number of aliphatic hydroxyl groups is 1. The van der Waals surface area contributed by atoms with E-state index < -0.39 is 54.5 Å². The lowest BCUT2D eigenvalue weighted by molar-refractivity contribution is -0.278. The predicted molar refractivity (Wildman–Crippen MR) is 87.0 cm³/mol. The molecule has 27 heavy (non-hydrogen) atoms. The van der Waals surface area contributed by atoms with Gasteiger partial charge in [-0.3, -0.25) is 19.2 Å². The molecule has 0 radical (unpaired) electrons. The van der Waals surface area contributed by atoms with E-state index in [4.69, 9.17) is 28.8 Å². The van der Waals surface area contributed by atoms with Crippen LogP contribution in [0.25, 0.3) is 0 Å². The molecule has 1 heterocycles. The third-order valence-corrected chi connectivity index (χ3v) is 3.44. The topological polar surface area (TPSA) is 147 Å². The molecule has 1 amide bonds. The van der Waals surface area contributed by atoms with Gasteiger partial charge in [-0.1, -0.05) is 0 Å². The van der Waals surface area contributed by atoms with Gasteiger partial charge in [-0.2, -0.15) is 0 Å². The molecule has 0 aromatic rings. The summed E-state index contributed by atoms with van der Waals surface area (Å²) in [7, 11) is 0. The molecule has 1 fully saturated rings. The Labute approximate surface area is 156 Å². The van der Waals surface area contributed by atoms with Crippen molar-refractivity contribution in [1.82, 2.24) is 5.32 Å². The zero-order valence-corrected chi connectivity index (χ0v) is 15.6. The third-order valence-electron chi connectivity index (χ3n) is 3.44. The number of esters is 3. The smallest absolute Gasteiger partial charge is 0.303 e. The second-order valence-electron chi connectivity index (χ2n) is 5.81. The highest BCUT2D eigenvalue weighted by molar-refractivity contribution is 5.73. The molecule has 0 spiro atoms. The highest BCUT2D eigenvalue weighted by atomic mass is 16.7. The number of carbonyl (C=O) groups is 4. The molecule has 0 saturated carbocycles. The largest absolute Gasteiger partial charge is 0.463 e. The lowest BCUT2D eigenvalue weighted by atomic mass is 9.96. The van der Waals surface area contributed by atoms with Gasteiger partial charge >= 0.3 is 17.9 Å². The Bertz CT molecular complexity index is 551. The van der Waals surface area contributed by atoms with Gasteiger partial charge in [0.2, 0.25) is 5.91 Å². The Kier molecular flexibility index (Phi) is 9.12. The van der Waals surface area contributed by atoms with Crippen LogP contribution in [0.5, 0.6) is 0 Å². The summed E-state index contributed by atoms with van der Waals surface area (Å²) in [6.07, 6.45) is -4.53. The van der Waals surface area contributed by atoms with Crippen LogP contribution in [0.2, 0.25) is 0 Å². The first kappa shape index (κ1) is 22.8. The first-order valence-corrected chi connectivity index (χ1v) is 8.28. The van der Waals surface area contributed by atoms with Crippen molar-refractivity contribution in [3.05, 3.63) is 0 Å². The summed E-state index contributed by atoms with van der Waals surface area (Å²) in [6, 6.07) is -1.03. The summed E-state index contributed by atoms with van der Waals surface area (Å²) in [4.78, 5) is 45.9. The molecule has 11 heteroatoms. The van der Waals surface area contributed by atoms with Crippen molar-refractivity contribution in [3.63, 3.8) is 0 Å². The number of hydrogen-bond donors (Lipinski definition) is 2. The second kappa shape index (κ2) is 10.8. The molecule has 0 aliphatic carbocycles. The van der Waals surface area contributed by atoms with Crippen LogP contribution < -0.4 is 5.32 Å². The van der Waals surface area contributed by atoms with E-state index in [1.165, 1.54) is 13.8 Å². The number of amides is 1. The van der Waals surface area contributed by atoms with Crippen molar-refractivity contribution < 1.29 is 48.0 Å². The fourth-order valence-corrected chi connectivity index (χ4v) is 2.60. The van der Waals surface area contributed by atoms with Crippen LogP contribution in [0.1, 0.15) is 27.7 Å². The summed E-state index contributed by atoms with van der Waals surface area (Å²) in [5, 5.41) is 11.5. The molecule has 11 nitrogen and oxygen atoms in total. The fourth-order valence-electron chi connectivity index (χ4n) is 2.60. The van der Waals surface area contributed by atoms with Crippen LogP contribution in [0.3, 0.4) is 0 Å². The second-order valence-corrected chi connectivity index (χ2v) is 5.81. The molecule has 0 aromatic carbocycles. The quantitative estimate of drug-likeness (QED) is 0.376. The normalized spacial score (nSPS) is 27.4. The molecule has 0 unspecified atom stereocenters. The molecular formula is C16H25NO10. The number of hydrogen-bond acceptors (Lipinski definition) is 10. The Morgan fingerprint density at radius 3 is 2.04 bits per heavy atom. The van der Waals surface area contributed by atoms with Gasteiger partial charge in [-0.15, -0.1) is 0 Å². The third kappa shape index (κ3) is 7.49. The van der Waals surface area contributed by atoms with Gasteiger partial charge in [0, 0.05) is 27.7 Å². The SMILES string of the molecule is CC(=O)N[C@@H]1[C@@H](OCCO)O[C@H](COC(C)=O)[C@@H](OC(C)=O)[C@@H]1OC(C)=O. The lowest BCUT2D eigenvalue weighted by Crippen LogP contribution is -2.66. The van der Waals surface area contributed by atoms with Gasteiger partial charge < -0.3 is 34.1 Å². The maximum Gasteiger partial charge on any atom is 0.303 e. The number of aliphatic hydroxyl groups excluding tert-OH is 1. The molecule has 1 saturated heterocycles. The summed E-state index contributed by atoms with van der Waals surface area (Å²) < 4.78 is 26.5. The Hall–Kier alpha value is -2.24. The minimum absolute atomic E-state index is 0.133. The van der Waals surface area contributed by atoms with Gasteiger partial charge in [0.15, 0.2) is 18.5 Å². The highest BCUT2D eigenvalue weighted by Crippen LogP contribution is 2.27. The summed E-state index contributed by atoms with van der Waals surface area (Å²) >= 11 is 0. The molecule has 1 rings (SSSR count). The molecule has 5 atom stereocenters. The minimum atomic E-state index is -1.17. The van der Waals surface area contributed by atoms with Crippen molar-refractivity contribution in [2.45, 2.75) is 58.3 Å². The zero-order valence-electron chi connectivity index (χ0n) is 15.6. The van der Waals surface area contributed by atoms with Crippen molar-refractivity contribution >= 4 is 23.8 Å². The van der Waals surface area contributed by atoms with Gasteiger partial charge in [-0.05, 0) is 0 Å². The molecule has 0 aromatic heterocycles. The van der Waals surface area contributed by atoms with Gasteiger partial charge in [0.25, 0.3) is 0 Å². The van der Waals surface area contributed by atoms with E-state index in [0.29, 0.717) is 0 Å². The van der Waals surface area contributed by atoms with Crippen LogP contribution >= 0.6 is 0 Å². The Balaban J connectivity index is 3.22. The molecule has 1 aliphatic rings. The first-order chi connectivity index (χ1) is 12.6. The number of carbonyl (C=O) groups excluding carboxylic acids is 4. The van der Waals surface area contributed by atoms with E-state index in [9.17, 15) is 19.2 Å². The lowest BCUT2D eigenvalue weighted by Gasteiger charge is -2.44. The standard InChI is InChI=1S/C16H25NO10/c1-8(19)17-13-15(26-11(4)22)14(25-10(3)21)12(7-24-9(2)20)27-16(13)23-6-5-18/h12-16,18H,5-7H2,1-4H3,(H,17,19)/t12-,13+,14-,15-,16+/m1/s1. The zero-order chi connectivity index (χ0) is 20.6. The van der Waals surface area contributed by atoms with E-state index in [-0.39, 0.29) is 19.8 Å². The summed E-state index contributed by atoms with van der Waals surface area (Å²) in [5.74, 6) is -2.45. The summed E-state index contributed by atoms with van der Waals surface area (Å²) in [5.41, 5.74) is 0. The number of nitrogens with one attached hydrogen (secondary N) is 1. The van der Waals surface area contributed by atoms with Crippen molar-refractivity contribution in [2.75, 3.05) is 19.8 Å². The molecule has 154 valence electrons. The molecular weight excluding hydrogens is 366 g/mol. The van der Waals surface area contributed by atoms with Gasteiger partial charge in [0.05, 0.1) is 13.2 Å². The maximum atomic E-state index is 11.6. The Morgan fingerprint density at radius 1 is 0.963 bits per heavy atom. The maximum absolute atomic E-state index is 11.6. The predicted octanol–water partition coefficient (Wildman–Crippen LogP) is -1.35. The van der Waals surface area contributed by atoms with Gasteiger partial charge in [0.1, 0.15) is 18.8 Å². The van der Waals surface area contributed by atoms with E-state index in [1.54, 1.807) is 0 Å².